The summed E-state index contributed by atoms with van der Waals surface area (Å²) in [4.78, 5) is 22.4. The second-order valence-corrected chi connectivity index (χ2v) is 6.62. The lowest BCUT2D eigenvalue weighted by molar-refractivity contribution is -0.136. The number of carboxylic acids is 1. The molecule has 0 saturated heterocycles. The lowest BCUT2D eigenvalue weighted by atomic mass is 10.0. The summed E-state index contributed by atoms with van der Waals surface area (Å²) in [7, 11) is 0. The van der Waals surface area contributed by atoms with Crippen LogP contribution in [0, 0.1) is 0 Å². The number of ether oxygens (including phenoxy) is 1. The van der Waals surface area contributed by atoms with Crippen molar-refractivity contribution >= 4 is 33.3 Å². The zero-order valence-corrected chi connectivity index (χ0v) is 14.4. The molecule has 3 aromatic rings. The Morgan fingerprint density at radius 1 is 1.11 bits per heavy atom. The molecule has 1 heterocycles. The van der Waals surface area contributed by atoms with Gasteiger partial charge in [-0.2, -0.15) is 13.2 Å². The Bertz CT molecular complexity index is 1030. The number of rotatable bonds is 5. The predicted octanol–water partition coefficient (Wildman–Crippen LogP) is 4.30. The predicted molar refractivity (Wildman–Crippen MR) is 93.1 cm³/mol. The summed E-state index contributed by atoms with van der Waals surface area (Å²) in [5.41, 5.74) is 4.42. The highest BCUT2D eigenvalue weighted by Gasteiger charge is 2.35. The molecule has 0 bridgehead atoms. The Kier molecular flexibility index (Phi) is 4.79. The fourth-order valence-electron chi connectivity index (χ4n) is 2.63. The number of carboxylic acid groups (broad SMARTS) is 1. The van der Waals surface area contributed by atoms with E-state index in [0.717, 1.165) is 17.4 Å². The van der Waals surface area contributed by atoms with Crippen molar-refractivity contribution in [3.8, 4) is 5.75 Å². The second kappa shape index (κ2) is 6.92. The van der Waals surface area contributed by atoms with Gasteiger partial charge in [-0.25, -0.2) is 4.79 Å². The van der Waals surface area contributed by atoms with Gasteiger partial charge in [0.2, 0.25) is 5.91 Å². The summed E-state index contributed by atoms with van der Waals surface area (Å²) < 4.78 is 45.8. The van der Waals surface area contributed by atoms with Crippen LogP contribution in [0.4, 0.5) is 13.2 Å². The first-order chi connectivity index (χ1) is 12.7. The van der Waals surface area contributed by atoms with Crippen LogP contribution >= 0.6 is 11.3 Å². The Balaban J connectivity index is 2.02. The van der Waals surface area contributed by atoms with Crippen molar-refractivity contribution in [1.29, 1.82) is 0 Å². The van der Waals surface area contributed by atoms with E-state index in [-0.39, 0.29) is 38.4 Å². The van der Waals surface area contributed by atoms with Crippen LogP contribution in [0.15, 0.2) is 42.5 Å². The van der Waals surface area contributed by atoms with E-state index < -0.39 is 23.6 Å². The lowest BCUT2D eigenvalue weighted by Gasteiger charge is -2.11. The molecule has 5 nitrogen and oxygen atoms in total. The number of nitrogens with two attached hydrogens (primary N) is 1. The largest absolute Gasteiger partial charge is 0.489 e. The molecule has 140 valence electrons. The normalized spacial score (nSPS) is 11.5. The van der Waals surface area contributed by atoms with Crippen LogP contribution in [0.5, 0.6) is 5.75 Å². The number of carbonyl (C=O) groups excluding carboxylic acids is 1. The van der Waals surface area contributed by atoms with Gasteiger partial charge in [-0.05, 0) is 36.4 Å². The number of hydrogen-bond donors (Lipinski definition) is 2. The number of halogens is 3. The molecule has 27 heavy (non-hydrogen) atoms. The number of carbonyl (C=O) groups is 2. The molecule has 0 spiro atoms. The maximum atomic E-state index is 13.4. The monoisotopic (exact) mass is 395 g/mol. The number of aromatic carboxylic acids is 1. The van der Waals surface area contributed by atoms with Crippen molar-refractivity contribution in [2.75, 3.05) is 0 Å². The number of hydrogen-bond acceptors (Lipinski definition) is 4. The SMILES string of the molecule is NC(=O)c1ccc(OCc2c(C(=O)O)sc3cccc(C(F)(F)F)c23)cc1. The molecule has 0 unspecified atom stereocenters. The number of amides is 1. The summed E-state index contributed by atoms with van der Waals surface area (Å²) in [5, 5.41) is 9.20. The molecule has 9 heteroatoms. The van der Waals surface area contributed by atoms with Gasteiger partial charge >= 0.3 is 12.1 Å². The Hall–Kier alpha value is -3.07. The minimum Gasteiger partial charge on any atom is -0.489 e. The molecule has 0 aliphatic carbocycles. The molecular formula is C18H12F3NO4S. The molecule has 3 N–H and O–H groups in total. The van der Waals surface area contributed by atoms with Gasteiger partial charge in [0.1, 0.15) is 17.2 Å². The maximum absolute atomic E-state index is 13.4. The van der Waals surface area contributed by atoms with Crippen molar-refractivity contribution in [2.45, 2.75) is 12.8 Å². The molecule has 1 aromatic heterocycles. The third kappa shape index (κ3) is 3.72. The Morgan fingerprint density at radius 3 is 2.33 bits per heavy atom. The van der Waals surface area contributed by atoms with Crippen molar-refractivity contribution < 1.29 is 32.6 Å². The van der Waals surface area contributed by atoms with E-state index in [1.807, 2.05) is 0 Å². The zero-order valence-electron chi connectivity index (χ0n) is 13.5. The Morgan fingerprint density at radius 2 is 1.78 bits per heavy atom. The van der Waals surface area contributed by atoms with Gasteiger partial charge in [-0.3, -0.25) is 4.79 Å². The molecule has 1 amide bonds. The van der Waals surface area contributed by atoms with Crippen LogP contribution in [0.25, 0.3) is 10.1 Å². The van der Waals surface area contributed by atoms with Crippen molar-refractivity contribution in [2.24, 2.45) is 5.73 Å². The fourth-order valence-corrected chi connectivity index (χ4v) is 3.70. The lowest BCUT2D eigenvalue weighted by Crippen LogP contribution is -2.10. The minimum absolute atomic E-state index is 0.0468. The smallest absolute Gasteiger partial charge is 0.417 e. The highest BCUT2D eigenvalue weighted by atomic mass is 32.1. The quantitative estimate of drug-likeness (QED) is 0.674. The third-order valence-electron chi connectivity index (χ3n) is 3.84. The van der Waals surface area contributed by atoms with Crippen LogP contribution < -0.4 is 10.5 Å². The van der Waals surface area contributed by atoms with E-state index in [1.165, 1.54) is 36.4 Å². The number of fused-ring (bicyclic) bond motifs is 1. The third-order valence-corrected chi connectivity index (χ3v) is 5.02. The first kappa shape index (κ1) is 18.7. The number of thiophene rings is 1. The van der Waals surface area contributed by atoms with Crippen LogP contribution in [-0.2, 0) is 12.8 Å². The number of primary amides is 1. The average Bonchev–Trinajstić information content (AvgIpc) is 2.98. The first-order valence-corrected chi connectivity index (χ1v) is 8.37. The fraction of sp³-hybridized carbons (Fsp3) is 0.111. The summed E-state index contributed by atoms with van der Waals surface area (Å²) in [6.07, 6.45) is -4.63. The number of benzene rings is 2. The summed E-state index contributed by atoms with van der Waals surface area (Å²) in [6.45, 7) is -0.370. The van der Waals surface area contributed by atoms with Gasteiger partial charge in [0.25, 0.3) is 0 Å². The van der Waals surface area contributed by atoms with Crippen LogP contribution in [-0.4, -0.2) is 17.0 Å². The van der Waals surface area contributed by atoms with E-state index in [1.54, 1.807) is 0 Å². The molecule has 0 atom stereocenters. The van der Waals surface area contributed by atoms with E-state index in [0.29, 0.717) is 0 Å². The molecule has 2 aromatic carbocycles. The van der Waals surface area contributed by atoms with Crippen LogP contribution in [0.3, 0.4) is 0 Å². The van der Waals surface area contributed by atoms with Crippen molar-refractivity contribution in [3.63, 3.8) is 0 Å². The summed E-state index contributed by atoms with van der Waals surface area (Å²) in [6, 6.07) is 9.25. The van der Waals surface area contributed by atoms with Gasteiger partial charge < -0.3 is 15.6 Å². The minimum atomic E-state index is -4.63. The Labute approximate surface area is 154 Å². The van der Waals surface area contributed by atoms with Gasteiger partial charge in [-0.1, -0.05) is 6.07 Å². The summed E-state index contributed by atoms with van der Waals surface area (Å²) >= 11 is 0.763. The molecular weight excluding hydrogens is 383 g/mol. The molecule has 0 radical (unpaired) electrons. The molecule has 0 saturated carbocycles. The number of alkyl halides is 3. The van der Waals surface area contributed by atoms with Gasteiger partial charge in [0.05, 0.1) is 5.56 Å². The first-order valence-electron chi connectivity index (χ1n) is 7.56. The standard InChI is InChI=1S/C18H12F3NO4S/c19-18(20,21)12-2-1-3-13-14(12)11(15(27-13)17(24)25)8-26-10-6-4-9(5-7-10)16(22)23/h1-7H,8H2,(H2,22,23)(H,24,25). The van der Waals surface area contributed by atoms with Gasteiger partial charge in [0.15, 0.2) is 0 Å². The highest BCUT2D eigenvalue weighted by molar-refractivity contribution is 7.21. The molecule has 0 aliphatic heterocycles. The van der Waals surface area contributed by atoms with Gasteiger partial charge in [-0.15, -0.1) is 11.3 Å². The van der Waals surface area contributed by atoms with E-state index in [9.17, 15) is 27.9 Å². The molecule has 0 fully saturated rings. The van der Waals surface area contributed by atoms with Gasteiger partial charge in [0, 0.05) is 21.2 Å². The zero-order chi connectivity index (χ0) is 19.8. The second-order valence-electron chi connectivity index (χ2n) is 5.57. The molecule has 3 rings (SSSR count). The van der Waals surface area contributed by atoms with Crippen molar-refractivity contribution in [1.82, 2.24) is 0 Å². The van der Waals surface area contributed by atoms with E-state index in [2.05, 4.69) is 0 Å². The average molecular weight is 395 g/mol. The van der Waals surface area contributed by atoms with Crippen LogP contribution in [0.1, 0.15) is 31.2 Å². The van der Waals surface area contributed by atoms with E-state index >= 15 is 0 Å². The van der Waals surface area contributed by atoms with E-state index in [4.69, 9.17) is 10.5 Å². The highest BCUT2D eigenvalue weighted by Crippen LogP contribution is 2.41. The summed E-state index contributed by atoms with van der Waals surface area (Å²) in [5.74, 6) is -1.69. The van der Waals surface area contributed by atoms with Crippen LogP contribution in [0.2, 0.25) is 0 Å². The topological polar surface area (TPSA) is 89.6 Å². The van der Waals surface area contributed by atoms with Crippen molar-refractivity contribution in [3.05, 3.63) is 64.0 Å². The maximum Gasteiger partial charge on any atom is 0.417 e. The molecule has 0 aliphatic rings.